The number of hydrogen-bond acceptors (Lipinski definition) is 5. The fourth-order valence-corrected chi connectivity index (χ4v) is 5.40. The lowest BCUT2D eigenvalue weighted by atomic mass is 9.73. The number of anilines is 2. The summed E-state index contributed by atoms with van der Waals surface area (Å²) in [5, 5.41) is 6.65. The fraction of sp³-hybridized carbons (Fsp3) is 0.290. The Morgan fingerprint density at radius 3 is 2.57 bits per heavy atom. The van der Waals surface area contributed by atoms with Gasteiger partial charge in [-0.15, -0.1) is 0 Å². The second-order valence-corrected chi connectivity index (χ2v) is 10.5. The Bertz CT molecular complexity index is 1350. The average Bonchev–Trinajstić information content (AvgIpc) is 3.02. The van der Waals surface area contributed by atoms with Crippen LogP contribution < -0.4 is 20.3 Å². The van der Waals surface area contributed by atoms with E-state index in [4.69, 9.17) is 4.74 Å². The predicted octanol–water partition coefficient (Wildman–Crippen LogP) is 5.63. The number of carbonyl (C=O) groups is 2. The number of allylic oxidation sites excluding steroid dienone is 1. The van der Waals surface area contributed by atoms with Crippen molar-refractivity contribution in [1.82, 2.24) is 5.32 Å². The minimum Gasteiger partial charge on any atom is -0.497 e. The Hall–Kier alpha value is -4.06. The van der Waals surface area contributed by atoms with E-state index in [0.717, 1.165) is 45.9 Å². The first-order valence-corrected chi connectivity index (χ1v) is 12.7. The van der Waals surface area contributed by atoms with Crippen molar-refractivity contribution in [3.8, 4) is 5.75 Å². The number of ketones is 1. The highest BCUT2D eigenvalue weighted by atomic mass is 16.5. The first-order valence-electron chi connectivity index (χ1n) is 12.7. The third kappa shape index (κ3) is 5.24. The summed E-state index contributed by atoms with van der Waals surface area (Å²) in [5.74, 6) is 0.759. The lowest BCUT2D eigenvalue weighted by Gasteiger charge is -2.37. The van der Waals surface area contributed by atoms with Crippen LogP contribution in [0.2, 0.25) is 0 Å². The van der Waals surface area contributed by atoms with Crippen molar-refractivity contribution in [2.75, 3.05) is 23.9 Å². The molecule has 0 saturated carbocycles. The zero-order valence-corrected chi connectivity index (χ0v) is 21.6. The second kappa shape index (κ2) is 10.1. The second-order valence-electron chi connectivity index (χ2n) is 10.5. The fourth-order valence-electron chi connectivity index (χ4n) is 5.40. The Morgan fingerprint density at radius 2 is 1.78 bits per heavy atom. The molecule has 190 valence electrons. The lowest BCUT2D eigenvalue weighted by Crippen LogP contribution is -2.41. The van der Waals surface area contributed by atoms with Crippen LogP contribution in [0.3, 0.4) is 0 Å². The molecule has 1 amide bonds. The predicted molar refractivity (Wildman–Crippen MR) is 146 cm³/mol. The molecule has 6 heteroatoms. The van der Waals surface area contributed by atoms with Crippen molar-refractivity contribution >= 4 is 23.1 Å². The van der Waals surface area contributed by atoms with E-state index in [-0.39, 0.29) is 29.7 Å². The van der Waals surface area contributed by atoms with E-state index in [1.54, 1.807) is 7.11 Å². The molecule has 0 aromatic heterocycles. The van der Waals surface area contributed by atoms with Crippen LogP contribution in [-0.2, 0) is 16.1 Å². The Morgan fingerprint density at radius 1 is 1.03 bits per heavy atom. The maximum Gasteiger partial charge on any atom is 0.239 e. The van der Waals surface area contributed by atoms with Crippen molar-refractivity contribution in [3.05, 3.63) is 101 Å². The Labute approximate surface area is 218 Å². The number of methoxy groups -OCH3 is 1. The zero-order chi connectivity index (χ0) is 26.0. The number of hydrogen-bond donors (Lipinski definition) is 2. The minimum atomic E-state index is -0.376. The van der Waals surface area contributed by atoms with Gasteiger partial charge in [-0.05, 0) is 47.2 Å². The van der Waals surface area contributed by atoms with Gasteiger partial charge in [-0.3, -0.25) is 9.59 Å². The van der Waals surface area contributed by atoms with E-state index in [1.165, 1.54) is 0 Å². The van der Waals surface area contributed by atoms with Crippen LogP contribution in [-0.4, -0.2) is 25.3 Å². The van der Waals surface area contributed by atoms with Gasteiger partial charge in [0.2, 0.25) is 5.91 Å². The molecule has 2 N–H and O–H groups in total. The Kier molecular flexibility index (Phi) is 6.74. The summed E-state index contributed by atoms with van der Waals surface area (Å²) in [7, 11) is 1.63. The van der Waals surface area contributed by atoms with E-state index in [9.17, 15) is 9.59 Å². The molecule has 1 atom stereocenters. The van der Waals surface area contributed by atoms with Gasteiger partial charge in [0.25, 0.3) is 0 Å². The van der Waals surface area contributed by atoms with Gasteiger partial charge in [0.15, 0.2) is 5.78 Å². The molecule has 5 rings (SSSR count). The van der Waals surface area contributed by atoms with Gasteiger partial charge < -0.3 is 20.3 Å². The van der Waals surface area contributed by atoms with Crippen LogP contribution in [0.5, 0.6) is 5.75 Å². The molecule has 1 aliphatic heterocycles. The van der Waals surface area contributed by atoms with E-state index in [1.807, 2.05) is 78.9 Å². The molecule has 1 heterocycles. The highest BCUT2D eigenvalue weighted by molar-refractivity contribution is 6.01. The molecule has 3 aromatic carbocycles. The molecule has 0 radical (unpaired) electrons. The number of carbonyl (C=O) groups excluding carboxylic acids is 2. The zero-order valence-electron chi connectivity index (χ0n) is 21.6. The molecule has 6 nitrogen and oxygen atoms in total. The van der Waals surface area contributed by atoms with Crippen LogP contribution in [0.25, 0.3) is 0 Å². The van der Waals surface area contributed by atoms with Gasteiger partial charge in [-0.2, -0.15) is 0 Å². The SMILES string of the molecule is COc1cccc(CNC(=O)CN2c3ccccc3NC3=C(C(=O)CC(C)(C)C3)C2c2ccccc2)c1. The van der Waals surface area contributed by atoms with Gasteiger partial charge in [0, 0.05) is 24.2 Å². The number of amides is 1. The van der Waals surface area contributed by atoms with Crippen LogP contribution in [0.1, 0.15) is 43.9 Å². The number of para-hydroxylation sites is 2. The number of ether oxygens (including phenoxy) is 1. The van der Waals surface area contributed by atoms with E-state index >= 15 is 0 Å². The molecule has 0 spiro atoms. The maximum atomic E-state index is 13.7. The monoisotopic (exact) mass is 495 g/mol. The molecule has 0 bridgehead atoms. The van der Waals surface area contributed by atoms with Crippen LogP contribution in [0, 0.1) is 5.41 Å². The summed E-state index contributed by atoms with van der Waals surface area (Å²) in [6.45, 7) is 4.76. The number of fused-ring (bicyclic) bond motifs is 1. The highest BCUT2D eigenvalue weighted by Gasteiger charge is 2.41. The van der Waals surface area contributed by atoms with E-state index in [0.29, 0.717) is 13.0 Å². The van der Waals surface area contributed by atoms with Crippen molar-refractivity contribution < 1.29 is 14.3 Å². The quantitative estimate of drug-likeness (QED) is 0.464. The molecular formula is C31H33N3O3. The number of benzene rings is 3. The van der Waals surface area contributed by atoms with Crippen LogP contribution >= 0.6 is 0 Å². The molecule has 0 fully saturated rings. The molecular weight excluding hydrogens is 462 g/mol. The van der Waals surface area contributed by atoms with Crippen molar-refractivity contribution in [2.45, 2.75) is 39.3 Å². The van der Waals surface area contributed by atoms with E-state index < -0.39 is 0 Å². The molecule has 0 saturated heterocycles. The number of Topliss-reactive ketones (excluding diaryl/α,β-unsaturated/α-hetero) is 1. The van der Waals surface area contributed by atoms with E-state index in [2.05, 4.69) is 29.4 Å². The summed E-state index contributed by atoms with van der Waals surface area (Å²) in [6, 6.07) is 25.3. The number of rotatable bonds is 6. The van der Waals surface area contributed by atoms with Gasteiger partial charge in [-0.25, -0.2) is 0 Å². The summed E-state index contributed by atoms with van der Waals surface area (Å²) in [5.41, 5.74) is 5.31. The smallest absolute Gasteiger partial charge is 0.239 e. The topological polar surface area (TPSA) is 70.7 Å². The Balaban J connectivity index is 1.53. The standard InChI is InChI=1S/C31H33N3O3/c1-31(2)17-25-29(27(35)18-31)30(22-11-5-4-6-12-22)34(26-15-8-7-14-24(26)33-25)20-28(36)32-19-21-10-9-13-23(16-21)37-3/h4-16,30,33H,17-20H2,1-3H3,(H,32,36). The molecule has 3 aromatic rings. The van der Waals surface area contributed by atoms with Crippen LogP contribution in [0.15, 0.2) is 90.1 Å². The average molecular weight is 496 g/mol. The minimum absolute atomic E-state index is 0.107. The molecule has 2 aliphatic rings. The summed E-state index contributed by atoms with van der Waals surface area (Å²) in [6.07, 6.45) is 1.24. The molecule has 1 aliphatic carbocycles. The van der Waals surface area contributed by atoms with Crippen LogP contribution in [0.4, 0.5) is 11.4 Å². The maximum absolute atomic E-state index is 13.7. The first kappa shape index (κ1) is 24.6. The summed E-state index contributed by atoms with van der Waals surface area (Å²) >= 11 is 0. The van der Waals surface area contributed by atoms with Gasteiger partial charge in [-0.1, -0.05) is 68.4 Å². The third-order valence-electron chi connectivity index (χ3n) is 7.06. The van der Waals surface area contributed by atoms with Crippen molar-refractivity contribution in [2.24, 2.45) is 5.41 Å². The van der Waals surface area contributed by atoms with Crippen molar-refractivity contribution in [1.29, 1.82) is 0 Å². The first-order chi connectivity index (χ1) is 17.8. The summed E-state index contributed by atoms with van der Waals surface area (Å²) < 4.78 is 5.31. The largest absolute Gasteiger partial charge is 0.497 e. The third-order valence-corrected chi connectivity index (χ3v) is 7.06. The highest BCUT2D eigenvalue weighted by Crippen LogP contribution is 2.48. The lowest BCUT2D eigenvalue weighted by molar-refractivity contribution is -0.120. The van der Waals surface area contributed by atoms with Gasteiger partial charge in [0.05, 0.1) is 31.1 Å². The molecule has 1 unspecified atom stereocenters. The van der Waals surface area contributed by atoms with Gasteiger partial charge >= 0.3 is 0 Å². The molecule has 37 heavy (non-hydrogen) atoms. The number of nitrogens with zero attached hydrogens (tertiary/aromatic N) is 1. The normalized spacial score (nSPS) is 18.3. The van der Waals surface area contributed by atoms with Gasteiger partial charge in [0.1, 0.15) is 5.75 Å². The number of nitrogens with one attached hydrogen (secondary N) is 2. The summed E-state index contributed by atoms with van der Waals surface area (Å²) in [4.78, 5) is 29.1. The van der Waals surface area contributed by atoms with Crippen molar-refractivity contribution in [3.63, 3.8) is 0 Å².